The molecule has 0 unspecified atom stereocenters. The van der Waals surface area contributed by atoms with Crippen LogP contribution in [0.3, 0.4) is 0 Å². The second kappa shape index (κ2) is 5.79. The smallest absolute Gasteiger partial charge is 0.273 e. The van der Waals surface area contributed by atoms with Crippen LogP contribution in [0.5, 0.6) is 0 Å². The number of hydrogen-bond donors (Lipinski definition) is 1. The summed E-state index contributed by atoms with van der Waals surface area (Å²) < 4.78 is 7.89. The minimum absolute atomic E-state index is 0.0645. The van der Waals surface area contributed by atoms with Gasteiger partial charge in [-0.15, -0.1) is 0 Å². The normalized spacial score (nSPS) is 19.1. The molecule has 1 aliphatic carbocycles. The van der Waals surface area contributed by atoms with Gasteiger partial charge in [-0.05, 0) is 31.0 Å². The summed E-state index contributed by atoms with van der Waals surface area (Å²) >= 11 is 0. The zero-order chi connectivity index (χ0) is 18.7. The van der Waals surface area contributed by atoms with Gasteiger partial charge < -0.3 is 14.3 Å². The number of amides is 1. The first kappa shape index (κ1) is 15.6. The van der Waals surface area contributed by atoms with Crippen molar-refractivity contribution in [2.24, 2.45) is 0 Å². The number of carbonyl (C=O) groups excluding carboxylic acids is 1. The van der Waals surface area contributed by atoms with Crippen molar-refractivity contribution < 1.29 is 9.21 Å². The third kappa shape index (κ3) is 2.30. The quantitative estimate of drug-likeness (QED) is 0.595. The number of aromatic amines is 1. The molecule has 1 fully saturated rings. The van der Waals surface area contributed by atoms with Gasteiger partial charge in [-0.1, -0.05) is 12.1 Å². The van der Waals surface area contributed by atoms with Crippen LogP contribution in [0.25, 0.3) is 11.1 Å². The standard InChI is InChI=1S/C20H18N6O2/c27-20(15-7-9-23-26(15)12-5-6-12)25-10-8-14-17(22-11-21-14)18(25)19-24-13-3-1-2-4-16(13)28-19/h1-4,7,9,11-12,18H,5-6,8,10H2,(H,21,22)/t18-/m0/s1. The first-order valence-corrected chi connectivity index (χ1v) is 9.51. The second-order valence-corrected chi connectivity index (χ2v) is 7.33. The van der Waals surface area contributed by atoms with Crippen LogP contribution < -0.4 is 0 Å². The van der Waals surface area contributed by atoms with Crippen molar-refractivity contribution in [1.82, 2.24) is 29.6 Å². The number of nitrogens with zero attached hydrogens (tertiary/aromatic N) is 5. The molecular formula is C20H18N6O2. The maximum atomic E-state index is 13.5. The summed E-state index contributed by atoms with van der Waals surface area (Å²) in [4.78, 5) is 27.7. The van der Waals surface area contributed by atoms with Gasteiger partial charge in [0.25, 0.3) is 5.91 Å². The lowest BCUT2D eigenvalue weighted by Crippen LogP contribution is -2.41. The fraction of sp³-hybridized carbons (Fsp3) is 0.300. The Morgan fingerprint density at radius 2 is 2.11 bits per heavy atom. The topological polar surface area (TPSA) is 92.8 Å². The Balaban J connectivity index is 1.46. The fourth-order valence-corrected chi connectivity index (χ4v) is 3.99. The second-order valence-electron chi connectivity index (χ2n) is 7.33. The number of nitrogens with one attached hydrogen (secondary N) is 1. The summed E-state index contributed by atoms with van der Waals surface area (Å²) in [7, 11) is 0. The van der Waals surface area contributed by atoms with E-state index in [0.717, 1.165) is 36.2 Å². The van der Waals surface area contributed by atoms with Gasteiger partial charge in [0.15, 0.2) is 11.6 Å². The lowest BCUT2D eigenvalue weighted by atomic mass is 10.0. The van der Waals surface area contributed by atoms with Gasteiger partial charge in [0, 0.05) is 24.9 Å². The molecular weight excluding hydrogens is 356 g/mol. The SMILES string of the molecule is O=C(c1ccnn1C1CC1)N1CCc2[nH]cnc2[C@H]1c1nc2ccccc2o1. The van der Waals surface area contributed by atoms with Crippen LogP contribution in [0.4, 0.5) is 0 Å². The molecule has 4 aromatic rings. The van der Waals surface area contributed by atoms with E-state index in [1.165, 1.54) is 0 Å². The third-order valence-electron chi connectivity index (χ3n) is 5.51. The summed E-state index contributed by atoms with van der Waals surface area (Å²) in [5.74, 6) is 0.422. The van der Waals surface area contributed by atoms with Gasteiger partial charge in [-0.2, -0.15) is 5.10 Å². The van der Waals surface area contributed by atoms with Crippen molar-refractivity contribution in [3.63, 3.8) is 0 Å². The Morgan fingerprint density at radius 1 is 1.21 bits per heavy atom. The summed E-state index contributed by atoms with van der Waals surface area (Å²) in [6.45, 7) is 0.563. The van der Waals surface area contributed by atoms with E-state index in [2.05, 4.69) is 20.1 Å². The first-order valence-electron chi connectivity index (χ1n) is 9.51. The zero-order valence-electron chi connectivity index (χ0n) is 15.1. The maximum Gasteiger partial charge on any atom is 0.273 e. The van der Waals surface area contributed by atoms with Crippen molar-refractivity contribution in [3.8, 4) is 0 Å². The Morgan fingerprint density at radius 3 is 2.96 bits per heavy atom. The van der Waals surface area contributed by atoms with E-state index < -0.39 is 6.04 Å². The van der Waals surface area contributed by atoms with E-state index in [4.69, 9.17) is 4.42 Å². The summed E-state index contributed by atoms with van der Waals surface area (Å²) in [6, 6.07) is 9.30. The molecule has 140 valence electrons. The van der Waals surface area contributed by atoms with Crippen LogP contribution in [0.1, 0.15) is 52.7 Å². The lowest BCUT2D eigenvalue weighted by Gasteiger charge is -2.33. The van der Waals surface area contributed by atoms with Crippen LogP contribution in [0.15, 0.2) is 47.3 Å². The molecule has 2 aliphatic rings. The molecule has 8 nitrogen and oxygen atoms in total. The van der Waals surface area contributed by atoms with Crippen molar-refractivity contribution in [2.75, 3.05) is 6.54 Å². The molecule has 1 amide bonds. The molecule has 1 aromatic carbocycles. The molecule has 0 radical (unpaired) electrons. The largest absolute Gasteiger partial charge is 0.438 e. The van der Waals surface area contributed by atoms with E-state index in [1.54, 1.807) is 18.6 Å². The minimum atomic E-state index is -0.461. The van der Waals surface area contributed by atoms with Crippen LogP contribution >= 0.6 is 0 Å². The molecule has 1 N–H and O–H groups in total. The van der Waals surface area contributed by atoms with Crippen molar-refractivity contribution in [3.05, 3.63) is 65.8 Å². The van der Waals surface area contributed by atoms with Crippen LogP contribution in [0, 0.1) is 0 Å². The fourth-order valence-electron chi connectivity index (χ4n) is 3.99. The monoisotopic (exact) mass is 374 g/mol. The number of oxazole rings is 1. The Labute approximate surface area is 160 Å². The Bertz CT molecular complexity index is 1150. The van der Waals surface area contributed by atoms with E-state index >= 15 is 0 Å². The van der Waals surface area contributed by atoms with Crippen molar-refractivity contribution in [2.45, 2.75) is 31.3 Å². The predicted molar refractivity (Wildman–Crippen MR) is 99.7 cm³/mol. The minimum Gasteiger partial charge on any atom is -0.438 e. The number of carbonyl (C=O) groups is 1. The maximum absolute atomic E-state index is 13.5. The van der Waals surface area contributed by atoms with Gasteiger partial charge in [0.05, 0.1) is 18.1 Å². The predicted octanol–water partition coefficient (Wildman–Crippen LogP) is 2.87. The van der Waals surface area contributed by atoms with E-state index in [9.17, 15) is 4.79 Å². The van der Waals surface area contributed by atoms with E-state index in [-0.39, 0.29) is 5.91 Å². The molecule has 0 saturated heterocycles. The highest BCUT2D eigenvalue weighted by Crippen LogP contribution is 2.38. The van der Waals surface area contributed by atoms with Gasteiger partial charge in [0.1, 0.15) is 11.2 Å². The molecule has 1 aliphatic heterocycles. The average molecular weight is 374 g/mol. The van der Waals surface area contributed by atoms with Crippen LogP contribution in [-0.4, -0.2) is 42.1 Å². The number of hydrogen-bond acceptors (Lipinski definition) is 5. The van der Waals surface area contributed by atoms with Gasteiger partial charge in [-0.3, -0.25) is 9.48 Å². The third-order valence-corrected chi connectivity index (χ3v) is 5.51. The van der Waals surface area contributed by atoms with Crippen LogP contribution in [-0.2, 0) is 6.42 Å². The highest BCUT2D eigenvalue weighted by atomic mass is 16.4. The number of benzene rings is 1. The summed E-state index contributed by atoms with van der Waals surface area (Å²) in [5.41, 5.74) is 3.91. The Hall–Kier alpha value is -3.42. The molecule has 3 aromatic heterocycles. The van der Waals surface area contributed by atoms with Gasteiger partial charge >= 0.3 is 0 Å². The van der Waals surface area contributed by atoms with Gasteiger partial charge in [0.2, 0.25) is 5.89 Å². The molecule has 4 heterocycles. The summed E-state index contributed by atoms with van der Waals surface area (Å²) in [5, 5.41) is 4.37. The zero-order valence-corrected chi connectivity index (χ0v) is 15.1. The number of rotatable bonds is 3. The molecule has 1 saturated carbocycles. The molecule has 0 spiro atoms. The summed E-state index contributed by atoms with van der Waals surface area (Å²) in [6.07, 6.45) is 6.22. The van der Waals surface area contributed by atoms with Crippen molar-refractivity contribution in [1.29, 1.82) is 0 Å². The molecule has 6 rings (SSSR count). The lowest BCUT2D eigenvalue weighted by molar-refractivity contribution is 0.0654. The molecule has 28 heavy (non-hydrogen) atoms. The molecule has 1 atom stereocenters. The average Bonchev–Trinajstić information content (AvgIpc) is 3.14. The number of H-pyrrole nitrogens is 1. The number of imidazole rings is 1. The molecule has 0 bridgehead atoms. The molecule has 8 heteroatoms. The first-order chi connectivity index (χ1) is 13.8. The van der Waals surface area contributed by atoms with E-state index in [0.29, 0.717) is 29.8 Å². The van der Waals surface area contributed by atoms with Crippen molar-refractivity contribution >= 4 is 17.0 Å². The van der Waals surface area contributed by atoms with Gasteiger partial charge in [-0.25, -0.2) is 9.97 Å². The van der Waals surface area contributed by atoms with E-state index in [1.807, 2.05) is 33.8 Å². The number of fused-ring (bicyclic) bond motifs is 2. The highest BCUT2D eigenvalue weighted by molar-refractivity contribution is 5.93. The number of para-hydroxylation sites is 2. The number of aromatic nitrogens is 5. The highest BCUT2D eigenvalue weighted by Gasteiger charge is 2.39. The van der Waals surface area contributed by atoms with Crippen LogP contribution in [0.2, 0.25) is 0 Å². The Kier molecular flexibility index (Phi) is 3.23.